The van der Waals surface area contributed by atoms with Gasteiger partial charge in [-0.15, -0.1) is 0 Å². The van der Waals surface area contributed by atoms with Crippen LogP contribution < -0.4 is 10.2 Å². The van der Waals surface area contributed by atoms with Crippen LogP contribution in [0, 0.1) is 6.92 Å². The third kappa shape index (κ3) is 4.61. The van der Waals surface area contributed by atoms with Crippen molar-refractivity contribution >= 4 is 34.5 Å². The zero-order chi connectivity index (χ0) is 17.8. The maximum absolute atomic E-state index is 12.5. The maximum atomic E-state index is 12.5. The minimum atomic E-state index is -0.609. The fourth-order valence-corrected chi connectivity index (χ4v) is 4.21. The molecule has 2 heterocycles. The lowest BCUT2D eigenvalue weighted by Crippen LogP contribution is -3.14. The van der Waals surface area contributed by atoms with Crippen LogP contribution in [-0.4, -0.2) is 47.0 Å². The summed E-state index contributed by atoms with van der Waals surface area (Å²) in [6.45, 7) is 4.41. The summed E-state index contributed by atoms with van der Waals surface area (Å²) in [6.07, 6.45) is 3.53. The molecule has 6 nitrogen and oxygen atoms in total. The molecule has 1 atom stereocenters. The SMILES string of the molecule is Cc1ccc(NC(=O)C[C@@H]2SC(=O)N(C[NH+]3CCCCC3)C2=O)cc1. The number of hydrogen-bond donors (Lipinski definition) is 2. The number of rotatable bonds is 5. The van der Waals surface area contributed by atoms with E-state index < -0.39 is 5.25 Å². The Morgan fingerprint density at radius 2 is 1.88 bits per heavy atom. The molecule has 2 saturated heterocycles. The van der Waals surface area contributed by atoms with Crippen molar-refractivity contribution in [2.75, 3.05) is 25.1 Å². The average molecular weight is 362 g/mol. The first-order valence-electron chi connectivity index (χ1n) is 8.75. The first kappa shape index (κ1) is 17.9. The second-order valence-corrected chi connectivity index (χ2v) is 7.88. The second kappa shape index (κ2) is 8.01. The summed E-state index contributed by atoms with van der Waals surface area (Å²) in [7, 11) is 0. The smallest absolute Gasteiger partial charge is 0.293 e. The van der Waals surface area contributed by atoms with Crippen molar-refractivity contribution in [1.29, 1.82) is 0 Å². The molecule has 1 aromatic carbocycles. The van der Waals surface area contributed by atoms with Gasteiger partial charge < -0.3 is 10.2 Å². The summed E-state index contributed by atoms with van der Waals surface area (Å²) in [4.78, 5) is 39.5. The van der Waals surface area contributed by atoms with E-state index in [1.807, 2.05) is 31.2 Å². The van der Waals surface area contributed by atoms with Gasteiger partial charge in [0.15, 0.2) is 6.67 Å². The van der Waals surface area contributed by atoms with Crippen molar-refractivity contribution in [2.45, 2.75) is 37.9 Å². The number of nitrogens with one attached hydrogen (secondary N) is 2. The molecule has 0 aliphatic carbocycles. The quantitative estimate of drug-likeness (QED) is 0.831. The lowest BCUT2D eigenvalue weighted by Gasteiger charge is -2.26. The average Bonchev–Trinajstić information content (AvgIpc) is 2.85. The van der Waals surface area contributed by atoms with Gasteiger partial charge in [0.05, 0.1) is 13.1 Å². The predicted molar refractivity (Wildman–Crippen MR) is 97.5 cm³/mol. The van der Waals surface area contributed by atoms with Crippen molar-refractivity contribution in [3.05, 3.63) is 29.8 Å². The number of imide groups is 1. The number of aryl methyl sites for hydroxylation is 1. The molecule has 7 heteroatoms. The molecule has 1 aromatic rings. The molecule has 2 aliphatic rings. The van der Waals surface area contributed by atoms with E-state index in [2.05, 4.69) is 5.32 Å². The van der Waals surface area contributed by atoms with Gasteiger partial charge in [-0.25, -0.2) is 4.90 Å². The van der Waals surface area contributed by atoms with Gasteiger partial charge in [-0.3, -0.25) is 14.4 Å². The number of amides is 3. The van der Waals surface area contributed by atoms with E-state index in [4.69, 9.17) is 0 Å². The molecule has 0 radical (unpaired) electrons. The molecule has 3 amide bonds. The predicted octanol–water partition coefficient (Wildman–Crippen LogP) is 1.41. The molecule has 0 aromatic heterocycles. The topological polar surface area (TPSA) is 70.9 Å². The van der Waals surface area contributed by atoms with Gasteiger partial charge in [-0.05, 0) is 38.3 Å². The lowest BCUT2D eigenvalue weighted by molar-refractivity contribution is -0.912. The van der Waals surface area contributed by atoms with Crippen molar-refractivity contribution < 1.29 is 19.3 Å². The molecule has 2 fully saturated rings. The number of anilines is 1. The fraction of sp³-hybridized carbons (Fsp3) is 0.500. The van der Waals surface area contributed by atoms with Crippen LogP contribution in [0.1, 0.15) is 31.2 Å². The first-order valence-corrected chi connectivity index (χ1v) is 9.63. The van der Waals surface area contributed by atoms with E-state index >= 15 is 0 Å². The third-order valence-corrected chi connectivity index (χ3v) is 5.73. The molecule has 25 heavy (non-hydrogen) atoms. The number of quaternary nitrogens is 1. The highest BCUT2D eigenvalue weighted by Gasteiger charge is 2.42. The summed E-state index contributed by atoms with van der Waals surface area (Å²) >= 11 is 0.975. The molecular weight excluding hydrogens is 338 g/mol. The van der Waals surface area contributed by atoms with Crippen molar-refractivity contribution in [3.63, 3.8) is 0 Å². The van der Waals surface area contributed by atoms with Gasteiger partial charge in [-0.1, -0.05) is 29.5 Å². The molecule has 0 bridgehead atoms. The van der Waals surface area contributed by atoms with Crippen LogP contribution in [0.4, 0.5) is 10.5 Å². The summed E-state index contributed by atoms with van der Waals surface area (Å²) in [5.74, 6) is -0.471. The van der Waals surface area contributed by atoms with Crippen LogP contribution in [0.2, 0.25) is 0 Å². The standard InChI is InChI=1S/C18H23N3O3S/c1-13-5-7-14(8-6-13)19-16(22)11-15-17(23)21(18(24)25-15)12-20-9-3-2-4-10-20/h5-8,15H,2-4,9-12H2,1H3,(H,19,22)/p+1/t15-/m0/s1. The van der Waals surface area contributed by atoms with Crippen LogP contribution >= 0.6 is 11.8 Å². The van der Waals surface area contributed by atoms with E-state index in [0.29, 0.717) is 12.4 Å². The number of nitrogens with zero attached hydrogens (tertiary/aromatic N) is 1. The van der Waals surface area contributed by atoms with E-state index in [1.165, 1.54) is 16.2 Å². The van der Waals surface area contributed by atoms with Crippen molar-refractivity contribution in [2.24, 2.45) is 0 Å². The number of benzene rings is 1. The molecule has 3 rings (SSSR count). The molecule has 134 valence electrons. The minimum absolute atomic E-state index is 0.0228. The molecule has 0 saturated carbocycles. The molecule has 0 spiro atoms. The Balaban J connectivity index is 1.54. The van der Waals surface area contributed by atoms with Crippen molar-refractivity contribution in [1.82, 2.24) is 4.90 Å². The maximum Gasteiger partial charge on any atom is 0.293 e. The van der Waals surface area contributed by atoms with E-state index in [0.717, 1.165) is 43.3 Å². The summed E-state index contributed by atoms with van der Waals surface area (Å²) < 4.78 is 0. The Kier molecular flexibility index (Phi) is 5.75. The van der Waals surface area contributed by atoms with E-state index in [9.17, 15) is 14.4 Å². The Morgan fingerprint density at radius 1 is 1.20 bits per heavy atom. The minimum Gasteiger partial charge on any atom is -0.326 e. The van der Waals surface area contributed by atoms with Crippen LogP contribution in [0.25, 0.3) is 0 Å². The van der Waals surface area contributed by atoms with Gasteiger partial charge in [-0.2, -0.15) is 0 Å². The van der Waals surface area contributed by atoms with Crippen molar-refractivity contribution in [3.8, 4) is 0 Å². The zero-order valence-corrected chi connectivity index (χ0v) is 15.2. The number of piperidine rings is 1. The normalized spacial score (nSPS) is 21.6. The largest absolute Gasteiger partial charge is 0.326 e. The Bertz CT molecular complexity index is 656. The monoisotopic (exact) mass is 362 g/mol. The fourth-order valence-electron chi connectivity index (χ4n) is 3.22. The second-order valence-electron chi connectivity index (χ2n) is 6.73. The number of carbonyl (C=O) groups excluding carboxylic acids is 3. The van der Waals surface area contributed by atoms with Gasteiger partial charge in [0, 0.05) is 12.1 Å². The summed E-state index contributed by atoms with van der Waals surface area (Å²) in [5.41, 5.74) is 1.81. The summed E-state index contributed by atoms with van der Waals surface area (Å²) in [5, 5.41) is 1.95. The number of hydrogen-bond acceptors (Lipinski definition) is 4. The third-order valence-electron chi connectivity index (χ3n) is 4.65. The lowest BCUT2D eigenvalue weighted by atomic mass is 10.1. The highest BCUT2D eigenvalue weighted by Crippen LogP contribution is 2.28. The van der Waals surface area contributed by atoms with Gasteiger partial charge in [0.1, 0.15) is 5.25 Å². The molecule has 0 unspecified atom stereocenters. The highest BCUT2D eigenvalue weighted by molar-refractivity contribution is 8.15. The van der Waals surface area contributed by atoms with E-state index in [1.54, 1.807) is 0 Å². The number of thioether (sulfide) groups is 1. The molecule has 2 aliphatic heterocycles. The first-order chi connectivity index (χ1) is 12.0. The van der Waals surface area contributed by atoms with E-state index in [-0.39, 0.29) is 23.5 Å². The Hall–Kier alpha value is -1.86. The Morgan fingerprint density at radius 3 is 2.56 bits per heavy atom. The van der Waals surface area contributed by atoms with Crippen LogP contribution in [0.15, 0.2) is 24.3 Å². The van der Waals surface area contributed by atoms with Gasteiger partial charge >= 0.3 is 0 Å². The highest BCUT2D eigenvalue weighted by atomic mass is 32.2. The number of carbonyl (C=O) groups is 3. The number of likely N-dealkylation sites (tertiary alicyclic amines) is 1. The van der Waals surface area contributed by atoms with Crippen LogP contribution in [-0.2, 0) is 9.59 Å². The summed E-state index contributed by atoms with van der Waals surface area (Å²) in [6, 6.07) is 7.48. The molecular formula is C18H24N3O3S+. The molecule has 2 N–H and O–H groups in total. The van der Waals surface area contributed by atoms with Gasteiger partial charge in [0.25, 0.3) is 5.24 Å². The zero-order valence-electron chi connectivity index (χ0n) is 14.4. The van der Waals surface area contributed by atoms with Crippen LogP contribution in [0.5, 0.6) is 0 Å². The van der Waals surface area contributed by atoms with Gasteiger partial charge in [0.2, 0.25) is 11.8 Å². The van der Waals surface area contributed by atoms with Crippen LogP contribution in [0.3, 0.4) is 0 Å². The Labute approximate surface area is 151 Å².